The third-order valence-electron chi connectivity index (χ3n) is 4.67. The van der Waals surface area contributed by atoms with Crippen molar-refractivity contribution in [3.63, 3.8) is 0 Å². The number of hydrogen-bond donors (Lipinski definition) is 3. The first-order chi connectivity index (χ1) is 12.0. The van der Waals surface area contributed by atoms with Crippen LogP contribution in [0.2, 0.25) is 0 Å². The summed E-state index contributed by atoms with van der Waals surface area (Å²) in [5, 5.41) is 25.8. The van der Waals surface area contributed by atoms with Gasteiger partial charge < -0.3 is 15.5 Å². The molecular formula is C22H25NO2. The first kappa shape index (κ1) is 17.5. The zero-order valence-electron chi connectivity index (χ0n) is 14.7. The van der Waals surface area contributed by atoms with Crippen LogP contribution in [0.4, 0.5) is 0 Å². The van der Waals surface area contributed by atoms with Gasteiger partial charge >= 0.3 is 0 Å². The standard InChI is InChI=1S/C22H25NO2/c1-15-10-11-17(21-9-4-3-8-20(15)21)12-16(2)23-14-22(25)18-6-5-7-19(24)13-18/h3-11,13,16,22-25H,12,14H2,1-2H3. The van der Waals surface area contributed by atoms with Gasteiger partial charge in [-0.05, 0) is 59.9 Å². The van der Waals surface area contributed by atoms with Gasteiger partial charge in [-0.15, -0.1) is 0 Å². The van der Waals surface area contributed by atoms with Crippen LogP contribution in [-0.2, 0) is 6.42 Å². The van der Waals surface area contributed by atoms with E-state index in [0.29, 0.717) is 6.54 Å². The van der Waals surface area contributed by atoms with Gasteiger partial charge in [0.2, 0.25) is 0 Å². The minimum atomic E-state index is -0.635. The van der Waals surface area contributed by atoms with Gasteiger partial charge in [-0.3, -0.25) is 0 Å². The molecule has 3 N–H and O–H groups in total. The van der Waals surface area contributed by atoms with Gasteiger partial charge in [0, 0.05) is 12.6 Å². The maximum atomic E-state index is 10.3. The summed E-state index contributed by atoms with van der Waals surface area (Å²) < 4.78 is 0. The summed E-state index contributed by atoms with van der Waals surface area (Å²) >= 11 is 0. The van der Waals surface area contributed by atoms with E-state index in [0.717, 1.165) is 12.0 Å². The van der Waals surface area contributed by atoms with Crippen molar-refractivity contribution in [2.24, 2.45) is 0 Å². The Hall–Kier alpha value is -2.36. The van der Waals surface area contributed by atoms with E-state index in [1.165, 1.54) is 21.9 Å². The zero-order valence-corrected chi connectivity index (χ0v) is 14.7. The molecule has 0 heterocycles. The van der Waals surface area contributed by atoms with Gasteiger partial charge in [-0.25, -0.2) is 0 Å². The summed E-state index contributed by atoms with van der Waals surface area (Å²) in [4.78, 5) is 0. The highest BCUT2D eigenvalue weighted by molar-refractivity contribution is 5.88. The molecule has 0 saturated heterocycles. The number of phenolic OH excluding ortho intramolecular Hbond substituents is 1. The number of phenols is 1. The smallest absolute Gasteiger partial charge is 0.115 e. The molecule has 0 fully saturated rings. The van der Waals surface area contributed by atoms with Crippen molar-refractivity contribution in [2.75, 3.05) is 6.54 Å². The maximum absolute atomic E-state index is 10.3. The van der Waals surface area contributed by atoms with Crippen molar-refractivity contribution in [1.29, 1.82) is 0 Å². The van der Waals surface area contributed by atoms with Gasteiger partial charge in [0.1, 0.15) is 5.75 Å². The number of aromatic hydroxyl groups is 1. The van der Waals surface area contributed by atoms with Crippen molar-refractivity contribution >= 4 is 10.8 Å². The normalized spacial score (nSPS) is 13.7. The number of nitrogens with one attached hydrogen (secondary N) is 1. The minimum Gasteiger partial charge on any atom is -0.508 e. The molecule has 3 heteroatoms. The van der Waals surface area contributed by atoms with Gasteiger partial charge in [-0.1, -0.05) is 48.5 Å². The summed E-state index contributed by atoms with van der Waals surface area (Å²) in [6.07, 6.45) is 0.261. The molecule has 0 amide bonds. The molecule has 0 aromatic heterocycles. The Morgan fingerprint density at radius 1 is 0.960 bits per heavy atom. The molecule has 0 aliphatic heterocycles. The lowest BCUT2D eigenvalue weighted by molar-refractivity contribution is 0.170. The third kappa shape index (κ3) is 4.19. The predicted octanol–water partition coefficient (Wildman–Crippen LogP) is 4.11. The topological polar surface area (TPSA) is 52.5 Å². The van der Waals surface area contributed by atoms with Crippen LogP contribution in [0.3, 0.4) is 0 Å². The fourth-order valence-electron chi connectivity index (χ4n) is 3.25. The number of aryl methyl sites for hydroxylation is 1. The average molecular weight is 335 g/mol. The van der Waals surface area contributed by atoms with Gasteiger partial charge in [0.15, 0.2) is 0 Å². The summed E-state index contributed by atoms with van der Waals surface area (Å²) in [5.74, 6) is 0.177. The molecule has 0 bridgehead atoms. The van der Waals surface area contributed by atoms with E-state index >= 15 is 0 Å². The lowest BCUT2D eigenvalue weighted by Crippen LogP contribution is -2.32. The largest absolute Gasteiger partial charge is 0.508 e. The Balaban J connectivity index is 1.65. The summed E-state index contributed by atoms with van der Waals surface area (Å²) in [6.45, 7) is 4.72. The lowest BCUT2D eigenvalue weighted by Gasteiger charge is -2.19. The SMILES string of the molecule is Cc1ccc(CC(C)NCC(O)c2cccc(O)c2)c2ccccc12. The van der Waals surface area contributed by atoms with Crippen LogP contribution in [-0.4, -0.2) is 22.8 Å². The Labute approximate surface area is 148 Å². The number of aliphatic hydroxyl groups excluding tert-OH is 1. The molecule has 0 radical (unpaired) electrons. The molecule has 3 aromatic carbocycles. The molecule has 0 aliphatic carbocycles. The number of benzene rings is 3. The van der Waals surface area contributed by atoms with Crippen LogP contribution in [0.25, 0.3) is 10.8 Å². The average Bonchev–Trinajstić information content (AvgIpc) is 2.62. The van der Waals surface area contributed by atoms with E-state index in [2.05, 4.69) is 55.6 Å². The quantitative estimate of drug-likeness (QED) is 0.635. The molecule has 130 valence electrons. The van der Waals surface area contributed by atoms with E-state index in [1.807, 2.05) is 6.07 Å². The molecule has 3 aromatic rings. The van der Waals surface area contributed by atoms with Crippen LogP contribution in [0, 0.1) is 6.92 Å². The van der Waals surface area contributed by atoms with Crippen LogP contribution < -0.4 is 5.32 Å². The van der Waals surface area contributed by atoms with E-state index in [9.17, 15) is 10.2 Å². The minimum absolute atomic E-state index is 0.177. The second-order valence-corrected chi connectivity index (χ2v) is 6.71. The summed E-state index contributed by atoms with van der Waals surface area (Å²) in [5.41, 5.74) is 3.33. The van der Waals surface area contributed by atoms with Crippen molar-refractivity contribution in [3.05, 3.63) is 77.4 Å². The number of hydrogen-bond acceptors (Lipinski definition) is 3. The summed E-state index contributed by atoms with van der Waals surface area (Å²) in [6, 6.07) is 19.9. The molecule has 25 heavy (non-hydrogen) atoms. The molecule has 0 saturated carbocycles. The fourth-order valence-corrected chi connectivity index (χ4v) is 3.25. The van der Waals surface area contributed by atoms with Gasteiger partial charge in [0.05, 0.1) is 6.10 Å². The van der Waals surface area contributed by atoms with Crippen molar-refractivity contribution in [3.8, 4) is 5.75 Å². The first-order valence-corrected chi connectivity index (χ1v) is 8.72. The maximum Gasteiger partial charge on any atom is 0.115 e. The molecule has 0 spiro atoms. The van der Waals surface area contributed by atoms with E-state index in [4.69, 9.17) is 0 Å². The molecule has 3 nitrogen and oxygen atoms in total. The van der Waals surface area contributed by atoms with Gasteiger partial charge in [-0.2, -0.15) is 0 Å². The number of fused-ring (bicyclic) bond motifs is 1. The van der Waals surface area contributed by atoms with Crippen molar-refractivity contribution in [1.82, 2.24) is 5.32 Å². The lowest BCUT2D eigenvalue weighted by atomic mass is 9.96. The molecular weight excluding hydrogens is 310 g/mol. The Bertz CT molecular complexity index is 860. The second kappa shape index (κ2) is 7.68. The number of aliphatic hydroxyl groups is 1. The van der Waals surface area contributed by atoms with Crippen molar-refractivity contribution in [2.45, 2.75) is 32.4 Å². The Kier molecular flexibility index (Phi) is 5.37. The Morgan fingerprint density at radius 3 is 2.48 bits per heavy atom. The monoisotopic (exact) mass is 335 g/mol. The molecule has 2 atom stereocenters. The number of rotatable bonds is 6. The predicted molar refractivity (Wildman–Crippen MR) is 103 cm³/mol. The first-order valence-electron chi connectivity index (χ1n) is 8.72. The zero-order chi connectivity index (χ0) is 17.8. The molecule has 3 rings (SSSR count). The highest BCUT2D eigenvalue weighted by Crippen LogP contribution is 2.23. The van der Waals surface area contributed by atoms with Crippen LogP contribution in [0.15, 0.2) is 60.7 Å². The fraction of sp³-hybridized carbons (Fsp3) is 0.273. The van der Waals surface area contributed by atoms with Crippen LogP contribution in [0.5, 0.6) is 5.75 Å². The van der Waals surface area contributed by atoms with Crippen LogP contribution >= 0.6 is 0 Å². The third-order valence-corrected chi connectivity index (χ3v) is 4.67. The molecule has 0 aliphatic rings. The van der Waals surface area contributed by atoms with E-state index in [1.54, 1.807) is 18.2 Å². The van der Waals surface area contributed by atoms with Crippen molar-refractivity contribution < 1.29 is 10.2 Å². The van der Waals surface area contributed by atoms with Crippen LogP contribution in [0.1, 0.15) is 29.7 Å². The highest BCUT2D eigenvalue weighted by Gasteiger charge is 2.12. The van der Waals surface area contributed by atoms with E-state index in [-0.39, 0.29) is 11.8 Å². The van der Waals surface area contributed by atoms with E-state index < -0.39 is 6.10 Å². The summed E-state index contributed by atoms with van der Waals surface area (Å²) in [7, 11) is 0. The Morgan fingerprint density at radius 2 is 1.72 bits per heavy atom. The second-order valence-electron chi connectivity index (χ2n) is 6.71. The van der Waals surface area contributed by atoms with Gasteiger partial charge in [0.25, 0.3) is 0 Å². The molecule has 2 unspecified atom stereocenters. The highest BCUT2D eigenvalue weighted by atomic mass is 16.3.